The summed E-state index contributed by atoms with van der Waals surface area (Å²) in [4.78, 5) is 13.6. The molecular formula is C17H23F2NO3. The van der Waals surface area contributed by atoms with Crippen LogP contribution in [0.1, 0.15) is 33.6 Å². The van der Waals surface area contributed by atoms with Crippen LogP contribution in [0.4, 0.5) is 13.6 Å². The average Bonchev–Trinajstić information content (AvgIpc) is 2.47. The maximum Gasteiger partial charge on any atom is 0.410 e. The van der Waals surface area contributed by atoms with Crippen LogP contribution in [0.25, 0.3) is 0 Å². The highest BCUT2D eigenvalue weighted by atomic mass is 19.1. The highest BCUT2D eigenvalue weighted by Gasteiger charge is 2.27. The van der Waals surface area contributed by atoms with Crippen molar-refractivity contribution in [3.05, 3.63) is 29.8 Å². The molecule has 0 spiro atoms. The molecule has 1 aliphatic rings. The second-order valence-electron chi connectivity index (χ2n) is 6.80. The molecule has 0 N–H and O–H groups in total. The number of halogens is 2. The number of benzene rings is 1. The van der Waals surface area contributed by atoms with Gasteiger partial charge in [-0.1, -0.05) is 0 Å². The van der Waals surface area contributed by atoms with Crippen LogP contribution < -0.4 is 4.74 Å². The van der Waals surface area contributed by atoms with Crippen LogP contribution in [0.15, 0.2) is 18.2 Å². The van der Waals surface area contributed by atoms with Gasteiger partial charge in [0.05, 0.1) is 6.61 Å². The fraction of sp³-hybridized carbons (Fsp3) is 0.588. The third-order valence-corrected chi connectivity index (χ3v) is 3.63. The molecule has 0 radical (unpaired) electrons. The molecular weight excluding hydrogens is 304 g/mol. The van der Waals surface area contributed by atoms with Gasteiger partial charge in [-0.3, -0.25) is 0 Å². The van der Waals surface area contributed by atoms with Crippen molar-refractivity contribution < 1.29 is 23.0 Å². The molecule has 0 saturated carbocycles. The molecule has 1 amide bonds. The lowest BCUT2D eigenvalue weighted by atomic mass is 9.98. The number of carbonyl (C=O) groups is 1. The minimum Gasteiger partial charge on any atom is -0.490 e. The monoisotopic (exact) mass is 327 g/mol. The summed E-state index contributed by atoms with van der Waals surface area (Å²) in [5.41, 5.74) is -0.508. The summed E-state index contributed by atoms with van der Waals surface area (Å²) in [6.45, 7) is 6.96. The number of amides is 1. The molecule has 128 valence electrons. The lowest BCUT2D eigenvalue weighted by Crippen LogP contribution is -2.42. The SMILES string of the molecule is CC(C)(C)OC(=O)N1CCC(COc2cc(F)ccc2F)CC1. The number of rotatable bonds is 3. The van der Waals surface area contributed by atoms with Crippen LogP contribution >= 0.6 is 0 Å². The first-order valence-corrected chi connectivity index (χ1v) is 7.80. The molecule has 0 bridgehead atoms. The maximum atomic E-state index is 13.5. The lowest BCUT2D eigenvalue weighted by Gasteiger charge is -2.33. The minimum atomic E-state index is -0.572. The molecule has 2 rings (SSSR count). The number of nitrogens with zero attached hydrogens (tertiary/aromatic N) is 1. The number of hydrogen-bond acceptors (Lipinski definition) is 3. The molecule has 0 aliphatic carbocycles. The van der Waals surface area contributed by atoms with E-state index in [-0.39, 0.29) is 17.8 Å². The van der Waals surface area contributed by atoms with Gasteiger partial charge in [0.2, 0.25) is 0 Å². The Morgan fingerprint density at radius 1 is 1.26 bits per heavy atom. The van der Waals surface area contributed by atoms with Crippen molar-refractivity contribution in [3.8, 4) is 5.75 Å². The predicted molar refractivity (Wildman–Crippen MR) is 82.4 cm³/mol. The van der Waals surface area contributed by atoms with Gasteiger partial charge in [0.25, 0.3) is 0 Å². The maximum absolute atomic E-state index is 13.5. The van der Waals surface area contributed by atoms with E-state index < -0.39 is 17.2 Å². The Hall–Kier alpha value is -1.85. The molecule has 1 saturated heterocycles. The van der Waals surface area contributed by atoms with Crippen molar-refractivity contribution in [2.75, 3.05) is 19.7 Å². The molecule has 1 fully saturated rings. The van der Waals surface area contributed by atoms with E-state index in [9.17, 15) is 13.6 Å². The van der Waals surface area contributed by atoms with Gasteiger partial charge in [-0.2, -0.15) is 0 Å². The molecule has 1 aromatic carbocycles. The van der Waals surface area contributed by atoms with Crippen molar-refractivity contribution in [1.29, 1.82) is 0 Å². The Kier molecular flexibility index (Phi) is 5.44. The number of piperidine rings is 1. The number of carbonyl (C=O) groups excluding carboxylic acids is 1. The average molecular weight is 327 g/mol. The molecule has 0 atom stereocenters. The highest BCUT2D eigenvalue weighted by Crippen LogP contribution is 2.23. The van der Waals surface area contributed by atoms with Crippen molar-refractivity contribution in [3.63, 3.8) is 0 Å². The molecule has 1 aliphatic heterocycles. The van der Waals surface area contributed by atoms with Gasteiger partial charge >= 0.3 is 6.09 Å². The van der Waals surface area contributed by atoms with Gasteiger partial charge in [0.15, 0.2) is 11.6 Å². The molecule has 0 aromatic heterocycles. The predicted octanol–water partition coefficient (Wildman–Crippen LogP) is 3.99. The number of likely N-dealkylation sites (tertiary alicyclic amines) is 1. The summed E-state index contributed by atoms with van der Waals surface area (Å²) in [5, 5.41) is 0. The largest absolute Gasteiger partial charge is 0.490 e. The van der Waals surface area contributed by atoms with Crippen LogP contribution in [-0.2, 0) is 4.74 Å². The first-order valence-electron chi connectivity index (χ1n) is 7.80. The van der Waals surface area contributed by atoms with E-state index in [4.69, 9.17) is 9.47 Å². The quantitative estimate of drug-likeness (QED) is 0.842. The molecule has 0 unspecified atom stereocenters. The first kappa shape index (κ1) is 17.5. The lowest BCUT2D eigenvalue weighted by molar-refractivity contribution is 0.0164. The molecule has 1 aromatic rings. The van der Waals surface area contributed by atoms with Gasteiger partial charge < -0.3 is 14.4 Å². The zero-order valence-electron chi connectivity index (χ0n) is 13.8. The molecule has 4 nitrogen and oxygen atoms in total. The van der Waals surface area contributed by atoms with E-state index in [0.29, 0.717) is 19.7 Å². The van der Waals surface area contributed by atoms with Gasteiger partial charge in [-0.05, 0) is 51.7 Å². The molecule has 1 heterocycles. The normalized spacial score (nSPS) is 16.3. The van der Waals surface area contributed by atoms with Crippen molar-refractivity contribution in [2.45, 2.75) is 39.2 Å². The molecule has 6 heteroatoms. The van der Waals surface area contributed by atoms with Crippen molar-refractivity contribution >= 4 is 6.09 Å². The Balaban J connectivity index is 1.79. The van der Waals surface area contributed by atoms with E-state index in [1.165, 1.54) is 0 Å². The summed E-state index contributed by atoms with van der Waals surface area (Å²) in [7, 11) is 0. The highest BCUT2D eigenvalue weighted by molar-refractivity contribution is 5.68. The van der Waals surface area contributed by atoms with Gasteiger partial charge in [0, 0.05) is 19.2 Å². The van der Waals surface area contributed by atoms with E-state index >= 15 is 0 Å². The van der Waals surface area contributed by atoms with Gasteiger partial charge in [-0.15, -0.1) is 0 Å². The third-order valence-electron chi connectivity index (χ3n) is 3.63. The zero-order valence-corrected chi connectivity index (χ0v) is 13.8. The summed E-state index contributed by atoms with van der Waals surface area (Å²) in [6, 6.07) is 3.16. The van der Waals surface area contributed by atoms with Crippen molar-refractivity contribution in [1.82, 2.24) is 4.90 Å². The first-order chi connectivity index (χ1) is 10.7. The van der Waals surface area contributed by atoms with Crippen molar-refractivity contribution in [2.24, 2.45) is 5.92 Å². The fourth-order valence-electron chi connectivity index (χ4n) is 2.40. The summed E-state index contributed by atoms with van der Waals surface area (Å²) < 4.78 is 37.3. The second-order valence-corrected chi connectivity index (χ2v) is 6.80. The van der Waals surface area contributed by atoms with E-state index in [2.05, 4.69) is 0 Å². The zero-order chi connectivity index (χ0) is 17.0. The Labute approximate surface area is 135 Å². The van der Waals surface area contributed by atoms with E-state index in [0.717, 1.165) is 31.0 Å². The number of ether oxygens (including phenoxy) is 2. The third kappa shape index (κ3) is 5.37. The molecule has 23 heavy (non-hydrogen) atoms. The summed E-state index contributed by atoms with van der Waals surface area (Å²) >= 11 is 0. The van der Waals surface area contributed by atoms with Crippen LogP contribution in [0.2, 0.25) is 0 Å². The van der Waals surface area contributed by atoms with E-state index in [1.54, 1.807) is 4.90 Å². The van der Waals surface area contributed by atoms with Crippen LogP contribution in [0.5, 0.6) is 5.75 Å². The summed E-state index contributed by atoms with van der Waals surface area (Å²) in [6.07, 6.45) is 1.18. The second kappa shape index (κ2) is 7.15. The Morgan fingerprint density at radius 3 is 2.52 bits per heavy atom. The smallest absolute Gasteiger partial charge is 0.410 e. The topological polar surface area (TPSA) is 38.8 Å². The van der Waals surface area contributed by atoms with Gasteiger partial charge in [0.1, 0.15) is 11.4 Å². The Bertz CT molecular complexity index is 549. The van der Waals surface area contributed by atoms with Crippen LogP contribution in [-0.4, -0.2) is 36.3 Å². The fourth-order valence-corrected chi connectivity index (χ4v) is 2.40. The standard InChI is InChI=1S/C17H23F2NO3/c1-17(2,3)23-16(21)20-8-6-12(7-9-20)11-22-15-10-13(18)4-5-14(15)19/h4-5,10,12H,6-9,11H2,1-3H3. The summed E-state index contributed by atoms with van der Waals surface area (Å²) in [5.74, 6) is -0.963. The van der Waals surface area contributed by atoms with Crippen LogP contribution in [0, 0.1) is 17.6 Å². The van der Waals surface area contributed by atoms with Crippen LogP contribution in [0.3, 0.4) is 0 Å². The minimum absolute atomic E-state index is 0.0698. The Morgan fingerprint density at radius 2 is 1.91 bits per heavy atom. The van der Waals surface area contributed by atoms with E-state index in [1.807, 2.05) is 20.8 Å². The van der Waals surface area contributed by atoms with Gasteiger partial charge in [-0.25, -0.2) is 13.6 Å². The number of hydrogen-bond donors (Lipinski definition) is 0.